The van der Waals surface area contributed by atoms with Crippen molar-refractivity contribution < 1.29 is 9.53 Å². The fourth-order valence-corrected chi connectivity index (χ4v) is 2.61. The van der Waals surface area contributed by atoms with Gasteiger partial charge in [-0.15, -0.1) is 0 Å². The molecule has 20 heavy (non-hydrogen) atoms. The summed E-state index contributed by atoms with van der Waals surface area (Å²) < 4.78 is 7.84. The second kappa shape index (κ2) is 6.37. The Bertz CT molecular complexity index is 710. The SMILES string of the molecule is COC(=O)c1ccc(Cn2cc(Br)ccc2=O)c(Br)c1. The topological polar surface area (TPSA) is 48.3 Å². The summed E-state index contributed by atoms with van der Waals surface area (Å²) in [5, 5.41) is 0. The molecule has 0 saturated carbocycles. The Balaban J connectivity index is 2.33. The molecule has 0 aliphatic carbocycles. The third-order valence-corrected chi connectivity index (χ3v) is 3.97. The molecule has 6 heteroatoms. The first-order chi connectivity index (χ1) is 9.51. The lowest BCUT2D eigenvalue weighted by molar-refractivity contribution is 0.0600. The molecule has 0 spiro atoms. The number of ether oxygens (including phenoxy) is 1. The molecule has 1 heterocycles. The summed E-state index contributed by atoms with van der Waals surface area (Å²) >= 11 is 6.75. The van der Waals surface area contributed by atoms with Crippen molar-refractivity contribution in [1.29, 1.82) is 0 Å². The van der Waals surface area contributed by atoms with Crippen LogP contribution in [0, 0.1) is 0 Å². The molecule has 0 aliphatic rings. The van der Waals surface area contributed by atoms with Crippen LogP contribution in [-0.2, 0) is 11.3 Å². The number of aromatic nitrogens is 1. The second-order valence-electron chi connectivity index (χ2n) is 4.11. The molecule has 1 aromatic heterocycles. The van der Waals surface area contributed by atoms with Gasteiger partial charge in [0.05, 0.1) is 19.2 Å². The van der Waals surface area contributed by atoms with Gasteiger partial charge in [-0.1, -0.05) is 22.0 Å². The minimum absolute atomic E-state index is 0.0860. The van der Waals surface area contributed by atoms with Gasteiger partial charge in [-0.3, -0.25) is 4.79 Å². The van der Waals surface area contributed by atoms with Crippen molar-refractivity contribution in [1.82, 2.24) is 4.57 Å². The maximum atomic E-state index is 11.8. The maximum Gasteiger partial charge on any atom is 0.337 e. The van der Waals surface area contributed by atoms with Crippen molar-refractivity contribution >= 4 is 37.8 Å². The molecule has 0 radical (unpaired) electrons. The summed E-state index contributed by atoms with van der Waals surface area (Å²) in [4.78, 5) is 23.2. The third-order valence-electron chi connectivity index (χ3n) is 2.76. The van der Waals surface area contributed by atoms with Gasteiger partial charge in [0.1, 0.15) is 0 Å². The Hall–Kier alpha value is -1.40. The molecule has 0 unspecified atom stereocenters. The highest BCUT2D eigenvalue weighted by Crippen LogP contribution is 2.20. The van der Waals surface area contributed by atoms with Crippen molar-refractivity contribution in [3.8, 4) is 0 Å². The quantitative estimate of drug-likeness (QED) is 0.743. The van der Waals surface area contributed by atoms with Gasteiger partial charge in [-0.05, 0) is 39.7 Å². The van der Waals surface area contributed by atoms with Gasteiger partial charge in [0.15, 0.2) is 0 Å². The van der Waals surface area contributed by atoms with E-state index in [-0.39, 0.29) is 5.56 Å². The van der Waals surface area contributed by atoms with Crippen molar-refractivity contribution in [2.75, 3.05) is 7.11 Å². The Morgan fingerprint density at radius 1 is 1.25 bits per heavy atom. The lowest BCUT2D eigenvalue weighted by Gasteiger charge is -2.09. The van der Waals surface area contributed by atoms with Crippen LogP contribution in [0.25, 0.3) is 0 Å². The van der Waals surface area contributed by atoms with E-state index < -0.39 is 5.97 Å². The normalized spacial score (nSPS) is 10.3. The van der Waals surface area contributed by atoms with Crippen molar-refractivity contribution in [2.45, 2.75) is 6.54 Å². The summed E-state index contributed by atoms with van der Waals surface area (Å²) in [6.45, 7) is 0.417. The molecule has 0 bridgehead atoms. The fraction of sp³-hybridized carbons (Fsp3) is 0.143. The number of methoxy groups -OCH3 is 1. The zero-order chi connectivity index (χ0) is 14.7. The van der Waals surface area contributed by atoms with Crippen LogP contribution in [0.3, 0.4) is 0 Å². The van der Waals surface area contributed by atoms with Gasteiger partial charge >= 0.3 is 5.97 Å². The Morgan fingerprint density at radius 2 is 2.00 bits per heavy atom. The largest absolute Gasteiger partial charge is 0.465 e. The van der Waals surface area contributed by atoms with E-state index in [2.05, 4.69) is 36.6 Å². The Labute approximate surface area is 132 Å². The highest BCUT2D eigenvalue weighted by molar-refractivity contribution is 9.10. The number of nitrogens with zero attached hydrogens (tertiary/aromatic N) is 1. The molecule has 104 valence electrons. The zero-order valence-corrected chi connectivity index (χ0v) is 13.8. The monoisotopic (exact) mass is 399 g/mol. The van der Waals surface area contributed by atoms with Crippen LogP contribution in [-0.4, -0.2) is 17.6 Å². The molecule has 0 saturated heterocycles. The number of benzene rings is 1. The smallest absolute Gasteiger partial charge is 0.337 e. The van der Waals surface area contributed by atoms with E-state index in [9.17, 15) is 9.59 Å². The van der Waals surface area contributed by atoms with Crippen LogP contribution in [0.2, 0.25) is 0 Å². The summed E-state index contributed by atoms with van der Waals surface area (Å²) in [5.74, 6) is -0.392. The molecule has 2 rings (SSSR count). The van der Waals surface area contributed by atoms with E-state index in [0.717, 1.165) is 14.5 Å². The lowest BCUT2D eigenvalue weighted by Crippen LogP contribution is -2.19. The van der Waals surface area contributed by atoms with Crippen molar-refractivity contribution in [3.63, 3.8) is 0 Å². The van der Waals surface area contributed by atoms with E-state index in [1.165, 1.54) is 13.2 Å². The van der Waals surface area contributed by atoms with E-state index in [1.807, 2.05) is 0 Å². The van der Waals surface area contributed by atoms with E-state index >= 15 is 0 Å². The third kappa shape index (κ3) is 3.37. The first kappa shape index (κ1) is 15.0. The summed E-state index contributed by atoms with van der Waals surface area (Å²) in [6.07, 6.45) is 1.73. The molecule has 2 aromatic rings. The van der Waals surface area contributed by atoms with Gasteiger partial charge in [0.2, 0.25) is 0 Å². The average Bonchev–Trinajstić information content (AvgIpc) is 2.44. The van der Waals surface area contributed by atoms with E-state index in [1.54, 1.807) is 35.0 Å². The Kier molecular flexibility index (Phi) is 4.77. The van der Waals surface area contributed by atoms with Crippen LogP contribution in [0.1, 0.15) is 15.9 Å². The number of rotatable bonds is 3. The highest BCUT2D eigenvalue weighted by atomic mass is 79.9. The van der Waals surface area contributed by atoms with Crippen molar-refractivity contribution in [3.05, 3.63) is 67.0 Å². The summed E-state index contributed by atoms with van der Waals surface area (Å²) in [6, 6.07) is 8.36. The van der Waals surface area contributed by atoms with Crippen LogP contribution in [0.15, 0.2) is 50.3 Å². The molecule has 0 N–H and O–H groups in total. The number of carbonyl (C=O) groups excluding carboxylic acids is 1. The molecule has 0 atom stereocenters. The molecule has 0 amide bonds. The summed E-state index contributed by atoms with van der Waals surface area (Å²) in [5.41, 5.74) is 1.28. The minimum Gasteiger partial charge on any atom is -0.465 e. The Morgan fingerprint density at radius 3 is 2.65 bits per heavy atom. The molecule has 0 fully saturated rings. The predicted octanol–water partition coefficient (Wildman–Crippen LogP) is 3.21. The number of halogens is 2. The molecule has 4 nitrogen and oxygen atoms in total. The van der Waals surface area contributed by atoms with E-state index in [0.29, 0.717) is 12.1 Å². The maximum absolute atomic E-state index is 11.8. The van der Waals surface area contributed by atoms with Gasteiger partial charge in [-0.2, -0.15) is 0 Å². The van der Waals surface area contributed by atoms with Crippen LogP contribution in [0.4, 0.5) is 0 Å². The van der Waals surface area contributed by atoms with Gasteiger partial charge in [0.25, 0.3) is 5.56 Å². The number of carbonyl (C=O) groups is 1. The number of esters is 1. The van der Waals surface area contributed by atoms with E-state index in [4.69, 9.17) is 0 Å². The second-order valence-corrected chi connectivity index (χ2v) is 5.88. The van der Waals surface area contributed by atoms with Gasteiger partial charge < -0.3 is 9.30 Å². The predicted molar refractivity (Wildman–Crippen MR) is 83.0 cm³/mol. The fourth-order valence-electron chi connectivity index (χ4n) is 1.73. The number of hydrogen-bond donors (Lipinski definition) is 0. The van der Waals surface area contributed by atoms with Crippen LogP contribution >= 0.6 is 31.9 Å². The van der Waals surface area contributed by atoms with Gasteiger partial charge in [0, 0.05) is 21.2 Å². The molecule has 1 aromatic carbocycles. The minimum atomic E-state index is -0.392. The van der Waals surface area contributed by atoms with Gasteiger partial charge in [-0.25, -0.2) is 4.79 Å². The first-order valence-electron chi connectivity index (χ1n) is 5.74. The first-order valence-corrected chi connectivity index (χ1v) is 7.32. The highest BCUT2D eigenvalue weighted by Gasteiger charge is 2.09. The average molecular weight is 401 g/mol. The standard InChI is InChI=1S/C14H11Br2NO3/c1-20-14(19)9-2-3-10(12(16)6-9)7-17-8-11(15)4-5-13(17)18/h2-6,8H,7H2,1H3. The number of hydrogen-bond acceptors (Lipinski definition) is 3. The zero-order valence-electron chi connectivity index (χ0n) is 10.6. The van der Waals surface area contributed by atoms with Crippen molar-refractivity contribution in [2.24, 2.45) is 0 Å². The molecule has 0 aliphatic heterocycles. The molecular formula is C14H11Br2NO3. The molecular weight excluding hydrogens is 390 g/mol. The number of pyridine rings is 1. The lowest BCUT2D eigenvalue weighted by atomic mass is 10.1. The summed E-state index contributed by atoms with van der Waals surface area (Å²) in [7, 11) is 1.34. The van der Waals surface area contributed by atoms with Crippen LogP contribution < -0.4 is 5.56 Å². The van der Waals surface area contributed by atoms with Crippen LogP contribution in [0.5, 0.6) is 0 Å².